The van der Waals surface area contributed by atoms with E-state index in [-0.39, 0.29) is 18.3 Å². The van der Waals surface area contributed by atoms with Gasteiger partial charge in [-0.15, -0.1) is 12.4 Å². The van der Waals surface area contributed by atoms with Crippen molar-refractivity contribution in [3.05, 3.63) is 60.2 Å². The maximum atomic E-state index is 12.9. The molecule has 0 bridgehead atoms. The molecule has 1 aromatic carbocycles. The predicted molar refractivity (Wildman–Crippen MR) is 149 cm³/mol. The average Bonchev–Trinajstić information content (AvgIpc) is 3.70. The Labute approximate surface area is 221 Å². The first-order valence-corrected chi connectivity index (χ1v) is 12.6. The van der Waals surface area contributed by atoms with Gasteiger partial charge in [-0.05, 0) is 37.1 Å². The van der Waals surface area contributed by atoms with E-state index in [1.165, 1.54) is 0 Å². The van der Waals surface area contributed by atoms with Gasteiger partial charge >= 0.3 is 0 Å². The highest BCUT2D eigenvalue weighted by molar-refractivity contribution is 6.03. The van der Waals surface area contributed by atoms with Gasteiger partial charge in [0.25, 0.3) is 0 Å². The fourth-order valence-electron chi connectivity index (χ4n) is 5.25. The first kappa shape index (κ1) is 25.0. The van der Waals surface area contributed by atoms with E-state index in [1.54, 1.807) is 6.20 Å². The number of hydrogen-bond acceptors (Lipinski definition) is 6. The fraction of sp³-hybridized carbons (Fsp3) is 0.333. The lowest BCUT2D eigenvalue weighted by molar-refractivity contribution is -0.131. The Morgan fingerprint density at radius 1 is 1.08 bits per heavy atom. The summed E-state index contributed by atoms with van der Waals surface area (Å²) in [5, 5.41) is 19.0. The Morgan fingerprint density at radius 2 is 1.92 bits per heavy atom. The van der Waals surface area contributed by atoms with Crippen LogP contribution in [0.5, 0.6) is 0 Å². The molecule has 2 fully saturated rings. The fourth-order valence-corrected chi connectivity index (χ4v) is 5.25. The summed E-state index contributed by atoms with van der Waals surface area (Å²) in [5.74, 6) is 0.254. The Hall–Kier alpha value is -3.69. The topological polar surface area (TPSA) is 106 Å². The molecule has 6 rings (SSSR count). The summed E-state index contributed by atoms with van der Waals surface area (Å²) < 4.78 is 0. The summed E-state index contributed by atoms with van der Waals surface area (Å²) in [5.41, 5.74) is 5.85. The van der Waals surface area contributed by atoms with Crippen LogP contribution >= 0.6 is 12.4 Å². The Morgan fingerprint density at radius 3 is 2.65 bits per heavy atom. The summed E-state index contributed by atoms with van der Waals surface area (Å²) in [6.07, 6.45) is 12.4. The van der Waals surface area contributed by atoms with E-state index in [4.69, 9.17) is 0 Å². The molecule has 0 aliphatic carbocycles. The zero-order chi connectivity index (χ0) is 24.3. The van der Waals surface area contributed by atoms with Crippen molar-refractivity contribution in [2.75, 3.05) is 37.6 Å². The summed E-state index contributed by atoms with van der Waals surface area (Å²) >= 11 is 0. The number of aromatic amines is 2. The number of nitrogens with one attached hydrogen (secondary N) is 3. The predicted octanol–water partition coefficient (Wildman–Crippen LogP) is 3.73. The standard InChI is InChI=1S/C27H30N8O.ClH/c36-24(15-21-7-4-10-28-21)34-11-13-35(14-12-34)26-22(20-5-2-1-3-6-20)18-29-27-25(26)23(32-33-27)9-8-19-16-30-31-17-19;/h1-3,5-6,8-9,16-18,21,28H,4,7,10-15H2,(H,30,31)(H,29,32,33);1H/b9-8-;. The zero-order valence-electron chi connectivity index (χ0n) is 20.6. The van der Waals surface area contributed by atoms with Crippen molar-refractivity contribution in [3.63, 3.8) is 0 Å². The number of fused-ring (bicyclic) bond motifs is 1. The minimum Gasteiger partial charge on any atom is -0.367 e. The van der Waals surface area contributed by atoms with E-state index in [2.05, 4.69) is 47.7 Å². The quantitative estimate of drug-likeness (QED) is 0.359. The van der Waals surface area contributed by atoms with Crippen LogP contribution in [0, 0.1) is 0 Å². The molecule has 0 saturated carbocycles. The van der Waals surface area contributed by atoms with Crippen LogP contribution in [0.4, 0.5) is 5.69 Å². The third kappa shape index (κ3) is 5.23. The Kier molecular flexibility index (Phi) is 7.52. The van der Waals surface area contributed by atoms with Gasteiger partial charge in [-0.25, -0.2) is 4.98 Å². The SMILES string of the molecule is Cl.O=C(CC1CCCN1)N1CCN(c2c(-c3ccccc3)cnc3n[nH]c(/C=C\c4cn[nH]c4)c23)CC1. The number of benzene rings is 1. The van der Waals surface area contributed by atoms with Gasteiger partial charge in [0.2, 0.25) is 5.91 Å². The lowest BCUT2D eigenvalue weighted by atomic mass is 10.0. The highest BCUT2D eigenvalue weighted by Crippen LogP contribution is 2.38. The number of carbonyl (C=O) groups excluding carboxylic acids is 1. The van der Waals surface area contributed by atoms with Crippen LogP contribution in [0.3, 0.4) is 0 Å². The molecule has 10 heteroatoms. The minimum absolute atomic E-state index is 0. The number of nitrogens with zero attached hydrogens (tertiary/aromatic N) is 5. The van der Waals surface area contributed by atoms with E-state index in [9.17, 15) is 4.79 Å². The molecule has 0 radical (unpaired) electrons. The number of rotatable bonds is 6. The molecule has 2 saturated heterocycles. The summed E-state index contributed by atoms with van der Waals surface area (Å²) in [4.78, 5) is 22.0. The Balaban J connectivity index is 0.00000280. The van der Waals surface area contributed by atoms with E-state index in [1.807, 2.05) is 47.6 Å². The number of anilines is 1. The molecule has 0 spiro atoms. The van der Waals surface area contributed by atoms with Gasteiger partial charge in [0.15, 0.2) is 5.65 Å². The Bertz CT molecular complexity index is 1350. The number of halogens is 1. The van der Waals surface area contributed by atoms with Gasteiger partial charge in [-0.3, -0.25) is 15.0 Å². The van der Waals surface area contributed by atoms with Gasteiger partial charge in [-0.1, -0.05) is 30.3 Å². The van der Waals surface area contributed by atoms with Crippen LogP contribution in [0.15, 0.2) is 48.9 Å². The van der Waals surface area contributed by atoms with E-state index < -0.39 is 0 Å². The van der Waals surface area contributed by atoms with Crippen LogP contribution in [-0.2, 0) is 4.79 Å². The smallest absolute Gasteiger partial charge is 0.224 e. The van der Waals surface area contributed by atoms with Gasteiger partial charge in [0, 0.05) is 62.2 Å². The molecule has 5 heterocycles. The zero-order valence-corrected chi connectivity index (χ0v) is 21.4. The average molecular weight is 519 g/mol. The third-order valence-electron chi connectivity index (χ3n) is 7.16. The second-order valence-corrected chi connectivity index (χ2v) is 9.45. The van der Waals surface area contributed by atoms with Crippen molar-refractivity contribution in [2.24, 2.45) is 0 Å². The summed E-state index contributed by atoms with van der Waals surface area (Å²) in [6.45, 7) is 3.97. The normalized spacial score (nSPS) is 18.0. The van der Waals surface area contributed by atoms with Gasteiger partial charge in [0.05, 0.1) is 23.0 Å². The molecule has 2 aliphatic rings. The molecule has 1 atom stereocenters. The molecule has 9 nitrogen and oxygen atoms in total. The van der Waals surface area contributed by atoms with Crippen LogP contribution in [0.2, 0.25) is 0 Å². The van der Waals surface area contributed by atoms with Gasteiger partial charge < -0.3 is 15.1 Å². The second kappa shape index (κ2) is 11.1. The highest BCUT2D eigenvalue weighted by atomic mass is 35.5. The second-order valence-electron chi connectivity index (χ2n) is 9.45. The maximum absolute atomic E-state index is 12.9. The van der Waals surface area contributed by atoms with E-state index in [0.29, 0.717) is 31.2 Å². The van der Waals surface area contributed by atoms with Crippen LogP contribution < -0.4 is 10.2 Å². The monoisotopic (exact) mass is 518 g/mol. The summed E-state index contributed by atoms with van der Waals surface area (Å²) in [6, 6.07) is 10.7. The molecule has 192 valence electrons. The van der Waals surface area contributed by atoms with Crippen molar-refractivity contribution in [3.8, 4) is 11.1 Å². The van der Waals surface area contributed by atoms with Crippen molar-refractivity contribution in [1.29, 1.82) is 0 Å². The molecule has 3 N–H and O–H groups in total. The first-order chi connectivity index (χ1) is 17.8. The molecule has 3 aromatic heterocycles. The molecule has 1 amide bonds. The number of pyridine rings is 1. The number of H-pyrrole nitrogens is 2. The largest absolute Gasteiger partial charge is 0.367 e. The van der Waals surface area contributed by atoms with Gasteiger partial charge in [0.1, 0.15) is 0 Å². The van der Waals surface area contributed by atoms with Crippen LogP contribution in [-0.4, -0.2) is 75.0 Å². The van der Waals surface area contributed by atoms with Gasteiger partial charge in [-0.2, -0.15) is 10.2 Å². The number of carbonyl (C=O) groups is 1. The molecule has 37 heavy (non-hydrogen) atoms. The molecule has 1 unspecified atom stereocenters. The number of amides is 1. The number of aromatic nitrogens is 5. The molecule has 4 aromatic rings. The van der Waals surface area contributed by atoms with Crippen molar-refractivity contribution in [2.45, 2.75) is 25.3 Å². The van der Waals surface area contributed by atoms with E-state index >= 15 is 0 Å². The highest BCUT2D eigenvalue weighted by Gasteiger charge is 2.28. The van der Waals surface area contributed by atoms with Crippen molar-refractivity contribution in [1.82, 2.24) is 35.6 Å². The molecule has 2 aliphatic heterocycles. The van der Waals surface area contributed by atoms with Crippen LogP contribution in [0.1, 0.15) is 30.5 Å². The van der Waals surface area contributed by atoms with E-state index in [0.717, 1.165) is 65.9 Å². The minimum atomic E-state index is 0. The lowest BCUT2D eigenvalue weighted by Crippen LogP contribution is -2.50. The van der Waals surface area contributed by atoms with Crippen LogP contribution in [0.25, 0.3) is 34.3 Å². The van der Waals surface area contributed by atoms with Crippen molar-refractivity contribution >= 4 is 47.2 Å². The third-order valence-corrected chi connectivity index (χ3v) is 7.16. The molecular weight excluding hydrogens is 488 g/mol. The first-order valence-electron chi connectivity index (χ1n) is 12.6. The molecular formula is C27H31ClN8O. The number of piperazine rings is 1. The summed E-state index contributed by atoms with van der Waals surface area (Å²) in [7, 11) is 0. The maximum Gasteiger partial charge on any atom is 0.224 e. The lowest BCUT2D eigenvalue weighted by Gasteiger charge is -2.37. The van der Waals surface area contributed by atoms with Crippen molar-refractivity contribution < 1.29 is 4.79 Å². The number of hydrogen-bond donors (Lipinski definition) is 3.